The molecule has 1 aromatic rings. The smallest absolute Gasteiger partial charge is 0.294 e. The molecular formula is C7H8ClNO3S. The average molecular weight is 222 g/mol. The summed E-state index contributed by atoms with van der Waals surface area (Å²) in [5.41, 5.74) is 5.89. The Balaban J connectivity index is 3.53. The Morgan fingerprint density at radius 2 is 2.00 bits per heavy atom. The standard InChI is InChI=1S/C7H8ClNO3S/c1-4-6(13(10,11)12)3-2-5(8)7(4)9/h2-3H,9H2,1H3,(H,10,11,12). The van der Waals surface area contributed by atoms with Crippen LogP contribution in [0, 0.1) is 6.92 Å². The van der Waals surface area contributed by atoms with E-state index in [0.29, 0.717) is 0 Å². The minimum absolute atomic E-state index is 0.164. The fourth-order valence-electron chi connectivity index (χ4n) is 0.955. The molecule has 0 spiro atoms. The second-order valence-corrected chi connectivity index (χ2v) is 4.36. The van der Waals surface area contributed by atoms with Crippen molar-refractivity contribution >= 4 is 27.4 Å². The highest BCUT2D eigenvalue weighted by Gasteiger charge is 2.15. The van der Waals surface area contributed by atoms with E-state index >= 15 is 0 Å². The topological polar surface area (TPSA) is 80.4 Å². The number of halogens is 1. The minimum atomic E-state index is -4.21. The highest BCUT2D eigenvalue weighted by molar-refractivity contribution is 7.85. The lowest BCUT2D eigenvalue weighted by Crippen LogP contribution is -2.03. The van der Waals surface area contributed by atoms with Gasteiger partial charge in [0.15, 0.2) is 0 Å². The SMILES string of the molecule is Cc1c(S(=O)(=O)O)ccc(Cl)c1N. The number of rotatable bonds is 1. The maximum atomic E-state index is 10.8. The van der Waals surface area contributed by atoms with E-state index in [9.17, 15) is 8.42 Å². The predicted octanol–water partition coefficient (Wildman–Crippen LogP) is 1.48. The summed E-state index contributed by atoms with van der Waals surface area (Å²) in [6.07, 6.45) is 0. The van der Waals surface area contributed by atoms with E-state index in [1.54, 1.807) is 0 Å². The van der Waals surface area contributed by atoms with Gasteiger partial charge in [0.25, 0.3) is 10.1 Å². The Bertz CT molecular complexity index is 441. The second-order valence-electron chi connectivity index (χ2n) is 2.56. The molecule has 0 saturated heterocycles. The van der Waals surface area contributed by atoms with Gasteiger partial charge in [-0.2, -0.15) is 8.42 Å². The summed E-state index contributed by atoms with van der Waals surface area (Å²) in [4.78, 5) is -0.214. The highest BCUT2D eigenvalue weighted by Crippen LogP contribution is 2.27. The maximum absolute atomic E-state index is 10.8. The average Bonchev–Trinajstić information content (AvgIpc) is 1.98. The summed E-state index contributed by atoms with van der Waals surface area (Å²) in [7, 11) is -4.21. The van der Waals surface area contributed by atoms with Gasteiger partial charge >= 0.3 is 0 Å². The Hall–Kier alpha value is -0.780. The van der Waals surface area contributed by atoms with Crippen molar-refractivity contribution in [3.63, 3.8) is 0 Å². The van der Waals surface area contributed by atoms with Crippen LogP contribution in [0.5, 0.6) is 0 Å². The Morgan fingerprint density at radius 1 is 1.46 bits per heavy atom. The summed E-state index contributed by atoms with van der Waals surface area (Å²) in [6.45, 7) is 1.48. The van der Waals surface area contributed by atoms with Crippen molar-refractivity contribution in [3.8, 4) is 0 Å². The van der Waals surface area contributed by atoms with Crippen molar-refractivity contribution in [2.75, 3.05) is 5.73 Å². The molecule has 3 N–H and O–H groups in total. The van der Waals surface area contributed by atoms with Gasteiger partial charge in [0.2, 0.25) is 0 Å². The summed E-state index contributed by atoms with van der Waals surface area (Å²) >= 11 is 5.63. The Kier molecular flexibility index (Phi) is 2.51. The predicted molar refractivity (Wildman–Crippen MR) is 50.4 cm³/mol. The fraction of sp³-hybridized carbons (Fsp3) is 0.143. The molecule has 0 amide bonds. The summed E-state index contributed by atoms with van der Waals surface area (Å²) in [5, 5.41) is 0.268. The van der Waals surface area contributed by atoms with Crippen LogP contribution >= 0.6 is 11.6 Å². The van der Waals surface area contributed by atoms with Crippen LogP contribution in [-0.2, 0) is 10.1 Å². The van der Waals surface area contributed by atoms with Crippen molar-refractivity contribution in [1.82, 2.24) is 0 Å². The van der Waals surface area contributed by atoms with Crippen molar-refractivity contribution in [1.29, 1.82) is 0 Å². The van der Waals surface area contributed by atoms with Crippen LogP contribution in [0.1, 0.15) is 5.56 Å². The van der Waals surface area contributed by atoms with Crippen molar-refractivity contribution in [2.24, 2.45) is 0 Å². The Morgan fingerprint density at radius 3 is 2.46 bits per heavy atom. The quantitative estimate of drug-likeness (QED) is 0.556. The Labute approximate surface area is 81.1 Å². The summed E-state index contributed by atoms with van der Waals surface area (Å²) < 4.78 is 30.3. The first-order valence-corrected chi connectivity index (χ1v) is 5.18. The summed E-state index contributed by atoms with van der Waals surface area (Å²) in [6, 6.07) is 2.54. The largest absolute Gasteiger partial charge is 0.397 e. The van der Waals surface area contributed by atoms with Crippen LogP contribution in [0.3, 0.4) is 0 Å². The second kappa shape index (κ2) is 3.17. The van der Waals surface area contributed by atoms with Crippen LogP contribution in [0.2, 0.25) is 5.02 Å². The zero-order valence-corrected chi connectivity index (χ0v) is 8.35. The molecule has 6 heteroatoms. The molecular weight excluding hydrogens is 214 g/mol. The van der Waals surface area contributed by atoms with E-state index in [1.165, 1.54) is 19.1 Å². The van der Waals surface area contributed by atoms with Crippen molar-refractivity contribution in [2.45, 2.75) is 11.8 Å². The third kappa shape index (κ3) is 1.93. The van der Waals surface area contributed by atoms with E-state index in [4.69, 9.17) is 21.9 Å². The van der Waals surface area contributed by atoms with Crippen LogP contribution < -0.4 is 5.73 Å². The molecule has 0 atom stereocenters. The lowest BCUT2D eigenvalue weighted by atomic mass is 10.2. The van der Waals surface area contributed by atoms with Crippen LogP contribution in [0.15, 0.2) is 17.0 Å². The van der Waals surface area contributed by atoms with Gasteiger partial charge in [-0.15, -0.1) is 0 Å². The molecule has 0 aliphatic rings. The zero-order chi connectivity index (χ0) is 10.2. The van der Waals surface area contributed by atoms with E-state index in [0.717, 1.165) is 0 Å². The molecule has 0 unspecified atom stereocenters. The lowest BCUT2D eigenvalue weighted by molar-refractivity contribution is 0.482. The maximum Gasteiger partial charge on any atom is 0.294 e. The highest BCUT2D eigenvalue weighted by atomic mass is 35.5. The number of hydrogen-bond acceptors (Lipinski definition) is 3. The number of nitrogen functional groups attached to an aromatic ring is 1. The molecule has 0 saturated carbocycles. The van der Waals surface area contributed by atoms with Crippen LogP contribution in [0.4, 0.5) is 5.69 Å². The lowest BCUT2D eigenvalue weighted by Gasteiger charge is -2.06. The van der Waals surface area contributed by atoms with E-state index in [1.807, 2.05) is 0 Å². The molecule has 13 heavy (non-hydrogen) atoms. The van der Waals surface area contributed by atoms with Crippen LogP contribution in [0.25, 0.3) is 0 Å². The van der Waals surface area contributed by atoms with Gasteiger partial charge < -0.3 is 5.73 Å². The summed E-state index contributed by atoms with van der Waals surface area (Å²) in [5.74, 6) is 0. The molecule has 0 aliphatic carbocycles. The minimum Gasteiger partial charge on any atom is -0.397 e. The molecule has 1 rings (SSSR count). The van der Waals surface area contributed by atoms with Gasteiger partial charge in [-0.1, -0.05) is 11.6 Å². The number of anilines is 1. The normalized spacial score (nSPS) is 11.6. The van der Waals surface area contributed by atoms with Crippen molar-refractivity contribution < 1.29 is 13.0 Å². The monoisotopic (exact) mass is 221 g/mol. The molecule has 0 radical (unpaired) electrons. The molecule has 0 heterocycles. The molecule has 0 aromatic heterocycles. The van der Waals surface area contributed by atoms with E-state index in [2.05, 4.69) is 0 Å². The first-order valence-electron chi connectivity index (χ1n) is 3.36. The molecule has 0 aliphatic heterocycles. The van der Waals surface area contributed by atoms with Gasteiger partial charge in [-0.05, 0) is 24.6 Å². The van der Waals surface area contributed by atoms with Crippen molar-refractivity contribution in [3.05, 3.63) is 22.7 Å². The molecule has 1 aromatic carbocycles. The van der Waals surface area contributed by atoms with Crippen LogP contribution in [-0.4, -0.2) is 13.0 Å². The van der Waals surface area contributed by atoms with Gasteiger partial charge in [-0.3, -0.25) is 4.55 Å². The third-order valence-corrected chi connectivity index (χ3v) is 3.02. The fourth-order valence-corrected chi connectivity index (χ4v) is 1.90. The molecule has 0 bridgehead atoms. The number of hydrogen-bond donors (Lipinski definition) is 2. The zero-order valence-electron chi connectivity index (χ0n) is 6.78. The number of nitrogens with two attached hydrogens (primary N) is 1. The first kappa shape index (κ1) is 10.3. The van der Waals surface area contributed by atoms with Gasteiger partial charge in [0.1, 0.15) is 0 Å². The number of benzene rings is 1. The first-order chi connectivity index (χ1) is 5.84. The third-order valence-electron chi connectivity index (χ3n) is 1.69. The molecule has 72 valence electrons. The molecule has 4 nitrogen and oxygen atoms in total. The van der Waals surface area contributed by atoms with Gasteiger partial charge in [0, 0.05) is 0 Å². The van der Waals surface area contributed by atoms with Gasteiger partial charge in [0.05, 0.1) is 15.6 Å². The molecule has 0 fully saturated rings. The van der Waals surface area contributed by atoms with E-state index in [-0.39, 0.29) is 21.2 Å². The van der Waals surface area contributed by atoms with Gasteiger partial charge in [-0.25, -0.2) is 0 Å². The van der Waals surface area contributed by atoms with E-state index < -0.39 is 10.1 Å².